The van der Waals surface area contributed by atoms with E-state index in [-0.39, 0.29) is 24.8 Å². The molecule has 0 radical (unpaired) electrons. The van der Waals surface area contributed by atoms with Crippen LogP contribution in [0, 0.1) is 0 Å². The maximum atomic E-state index is 9.48. The molecule has 1 aliphatic rings. The van der Waals surface area contributed by atoms with Crippen molar-refractivity contribution in [3.63, 3.8) is 0 Å². The van der Waals surface area contributed by atoms with Crippen LogP contribution in [0.3, 0.4) is 0 Å². The van der Waals surface area contributed by atoms with Crippen LogP contribution in [0.1, 0.15) is 18.0 Å². The summed E-state index contributed by atoms with van der Waals surface area (Å²) in [4.78, 5) is 8.46. The summed E-state index contributed by atoms with van der Waals surface area (Å²) in [6.07, 6.45) is 6.16. The van der Waals surface area contributed by atoms with Crippen molar-refractivity contribution < 1.29 is 9.63 Å². The second-order valence-corrected chi connectivity index (χ2v) is 6.31. The summed E-state index contributed by atoms with van der Waals surface area (Å²) in [5.74, 6) is 0. The lowest BCUT2D eigenvalue weighted by Crippen LogP contribution is -2.26. The van der Waals surface area contributed by atoms with Crippen molar-refractivity contribution in [3.05, 3.63) is 24.3 Å². The molecule has 0 bridgehead atoms. The summed E-state index contributed by atoms with van der Waals surface area (Å²) in [6, 6.07) is 0.106. The molecule has 1 saturated heterocycles. The lowest BCUT2D eigenvalue weighted by molar-refractivity contribution is 0.194. The largest absolute Gasteiger partial charge is 0.395 e. The Balaban J connectivity index is 2.09. The number of hydrogen-bond acceptors (Lipinski definition) is 5. The highest BCUT2D eigenvalue weighted by Crippen LogP contribution is 2.43. The van der Waals surface area contributed by atoms with E-state index in [4.69, 9.17) is 4.52 Å². The second-order valence-electron chi connectivity index (χ2n) is 4.89. The van der Waals surface area contributed by atoms with E-state index in [1.165, 1.54) is 0 Å². The number of aliphatic hydroxyl groups excluding tert-OH is 1. The van der Waals surface area contributed by atoms with Crippen molar-refractivity contribution in [2.45, 2.75) is 24.6 Å². The van der Waals surface area contributed by atoms with Crippen molar-refractivity contribution in [1.29, 1.82) is 0 Å². The Bertz CT molecular complexity index is 621. The quantitative estimate of drug-likeness (QED) is 0.855. The zero-order valence-electron chi connectivity index (χ0n) is 10.8. The SMILES string of the molecule is OCC1C[C@@H](OP)C(c2cn(P)c3cncnc23)N1P. The first-order valence-corrected chi connectivity index (χ1v) is 7.73. The fourth-order valence-electron chi connectivity index (χ4n) is 2.83. The Labute approximate surface area is 124 Å². The Hall–Kier alpha value is -0.210. The molecule has 0 spiro atoms. The summed E-state index contributed by atoms with van der Waals surface area (Å²) < 4.78 is 9.55. The summed E-state index contributed by atoms with van der Waals surface area (Å²) in [7, 11) is 7.69. The third-order valence-electron chi connectivity index (χ3n) is 3.83. The van der Waals surface area contributed by atoms with E-state index in [0.29, 0.717) is 0 Å². The lowest BCUT2D eigenvalue weighted by Gasteiger charge is -2.25. The number of hydrogen-bond donors (Lipinski definition) is 1. The maximum absolute atomic E-state index is 9.48. The van der Waals surface area contributed by atoms with E-state index < -0.39 is 0 Å². The fourth-order valence-corrected chi connectivity index (χ4v) is 4.01. The Morgan fingerprint density at radius 3 is 2.95 bits per heavy atom. The van der Waals surface area contributed by atoms with Gasteiger partial charge in [-0.25, -0.2) is 9.97 Å². The molecule has 2 aromatic rings. The monoisotopic (exact) mass is 330 g/mol. The molecule has 0 saturated carbocycles. The van der Waals surface area contributed by atoms with Crippen LogP contribution in [0.15, 0.2) is 18.7 Å². The van der Waals surface area contributed by atoms with E-state index in [0.717, 1.165) is 23.0 Å². The normalized spacial score (nSPS) is 27.5. The predicted molar refractivity (Wildman–Crippen MR) is 87.0 cm³/mol. The Morgan fingerprint density at radius 1 is 1.45 bits per heavy atom. The number of fused-ring (bicyclic) bond motifs is 1. The van der Waals surface area contributed by atoms with Gasteiger partial charge in [0.1, 0.15) is 6.33 Å². The van der Waals surface area contributed by atoms with Crippen LogP contribution >= 0.6 is 28.2 Å². The van der Waals surface area contributed by atoms with Crippen molar-refractivity contribution in [3.8, 4) is 0 Å². The summed E-state index contributed by atoms with van der Waals surface area (Å²) in [6.45, 7) is 0.110. The van der Waals surface area contributed by atoms with E-state index in [1.807, 2.05) is 10.5 Å². The lowest BCUT2D eigenvalue weighted by atomic mass is 10.0. The molecule has 5 unspecified atom stereocenters. The minimum atomic E-state index is 0.000199. The number of aromatic nitrogens is 3. The van der Waals surface area contributed by atoms with E-state index in [9.17, 15) is 5.11 Å². The molecule has 3 heterocycles. The van der Waals surface area contributed by atoms with Gasteiger partial charge in [0.05, 0.1) is 36.0 Å². The zero-order valence-corrected chi connectivity index (χ0v) is 14.2. The van der Waals surface area contributed by atoms with Gasteiger partial charge >= 0.3 is 0 Å². The highest BCUT2D eigenvalue weighted by molar-refractivity contribution is 7.15. The molecule has 6 nitrogen and oxygen atoms in total. The van der Waals surface area contributed by atoms with Gasteiger partial charge in [0, 0.05) is 27.3 Å². The van der Waals surface area contributed by atoms with Gasteiger partial charge in [0.25, 0.3) is 0 Å². The predicted octanol–water partition coefficient (Wildman–Crippen LogP) is 1.14. The average molecular weight is 330 g/mol. The molecule has 6 atom stereocenters. The van der Waals surface area contributed by atoms with Crippen molar-refractivity contribution >= 4 is 39.3 Å². The Kier molecular flexibility index (Phi) is 4.33. The average Bonchev–Trinajstić information content (AvgIpc) is 2.97. The first kappa shape index (κ1) is 14.7. The Morgan fingerprint density at radius 2 is 2.25 bits per heavy atom. The molecule has 2 aromatic heterocycles. The van der Waals surface area contributed by atoms with Crippen LogP contribution in [0.2, 0.25) is 0 Å². The van der Waals surface area contributed by atoms with Crippen LogP contribution in [0.25, 0.3) is 11.0 Å². The number of aliphatic hydroxyl groups is 1. The highest BCUT2D eigenvalue weighted by atomic mass is 31.0. The van der Waals surface area contributed by atoms with Gasteiger partial charge in [-0.1, -0.05) is 9.39 Å². The highest BCUT2D eigenvalue weighted by Gasteiger charge is 2.41. The van der Waals surface area contributed by atoms with Gasteiger partial charge < -0.3 is 14.0 Å². The van der Waals surface area contributed by atoms with Crippen LogP contribution in [-0.4, -0.2) is 42.8 Å². The van der Waals surface area contributed by atoms with Gasteiger partial charge in [0.2, 0.25) is 0 Å². The molecule has 1 aliphatic heterocycles. The molecular formula is C11H17N4O2P3. The second kappa shape index (κ2) is 5.88. The van der Waals surface area contributed by atoms with Gasteiger partial charge in [-0.05, 0) is 15.8 Å². The van der Waals surface area contributed by atoms with Crippen LogP contribution in [-0.2, 0) is 4.52 Å². The van der Waals surface area contributed by atoms with Crippen molar-refractivity contribution in [2.75, 3.05) is 6.61 Å². The summed E-state index contributed by atoms with van der Waals surface area (Å²) in [5, 5.41) is 9.48. The minimum Gasteiger partial charge on any atom is -0.395 e. The van der Waals surface area contributed by atoms with Gasteiger partial charge in [0.15, 0.2) is 0 Å². The third-order valence-corrected chi connectivity index (χ3v) is 5.35. The molecule has 0 amide bonds. The first-order chi connectivity index (χ1) is 9.67. The van der Waals surface area contributed by atoms with Crippen molar-refractivity contribution in [1.82, 2.24) is 19.0 Å². The molecule has 0 aromatic carbocycles. The van der Waals surface area contributed by atoms with E-state index in [2.05, 4.69) is 42.9 Å². The maximum Gasteiger partial charge on any atom is 0.116 e. The van der Waals surface area contributed by atoms with Crippen molar-refractivity contribution in [2.24, 2.45) is 0 Å². The standard InChI is InChI=1S/C11H17N4O2P3/c16-4-6-1-9(17-20)11(15(6)19)7-3-14(18)8-2-12-5-13-10(7)8/h2-3,5-6,9,11,16H,1,4,18-20H2/t6?,9-,11?/m1/s1. The molecule has 9 heteroatoms. The summed E-state index contributed by atoms with van der Waals surface area (Å²) >= 11 is 0. The zero-order chi connectivity index (χ0) is 14.3. The van der Waals surface area contributed by atoms with Crippen LogP contribution < -0.4 is 0 Å². The van der Waals surface area contributed by atoms with Gasteiger partial charge in [-0.2, -0.15) is 0 Å². The van der Waals surface area contributed by atoms with E-state index in [1.54, 1.807) is 12.5 Å². The fraction of sp³-hybridized carbons (Fsp3) is 0.455. The summed E-state index contributed by atoms with van der Waals surface area (Å²) in [5.41, 5.74) is 2.95. The molecule has 108 valence electrons. The number of rotatable bonds is 3. The topological polar surface area (TPSA) is 63.4 Å². The van der Waals surface area contributed by atoms with Gasteiger partial charge in [-0.15, -0.1) is 0 Å². The van der Waals surface area contributed by atoms with E-state index >= 15 is 0 Å². The molecule has 1 fully saturated rings. The van der Waals surface area contributed by atoms with Crippen LogP contribution in [0.5, 0.6) is 0 Å². The molecule has 1 N–H and O–H groups in total. The molecule has 3 rings (SSSR count). The smallest absolute Gasteiger partial charge is 0.116 e. The van der Waals surface area contributed by atoms with Crippen LogP contribution in [0.4, 0.5) is 0 Å². The number of nitrogens with zero attached hydrogens (tertiary/aromatic N) is 4. The minimum absolute atomic E-state index is 0.000199. The molecular weight excluding hydrogens is 313 g/mol. The third kappa shape index (κ3) is 2.29. The van der Waals surface area contributed by atoms with Gasteiger partial charge in [-0.3, -0.25) is 4.67 Å². The molecule has 0 aliphatic carbocycles. The first-order valence-electron chi connectivity index (χ1n) is 6.22. The molecule has 20 heavy (non-hydrogen) atoms.